The summed E-state index contributed by atoms with van der Waals surface area (Å²) in [6.07, 6.45) is 7.72. The third kappa shape index (κ3) is 9.67. The Labute approximate surface area is 186 Å². The Morgan fingerprint density at radius 1 is 1.20 bits per heavy atom. The van der Waals surface area contributed by atoms with Crippen LogP contribution in [0.5, 0.6) is 5.75 Å². The van der Waals surface area contributed by atoms with Gasteiger partial charge in [-0.25, -0.2) is 0 Å². The molecule has 1 aromatic rings. The standard InChI is InChI=1S/C19H31NO7S3/c1-3-4-5-6-7-8-10-15(30(24,25)26)18(23)20-19-17(14(28-2)13-29-19)27-12-9-11-16(21)22/h13,15H,3-12H2,1-2H3,(H,20,23)(H,21,22)(H,24,25,26). The zero-order valence-corrected chi connectivity index (χ0v) is 19.8. The molecule has 0 bridgehead atoms. The minimum absolute atomic E-state index is 0.0382. The molecule has 1 atom stereocenters. The number of rotatable bonds is 16. The predicted molar refractivity (Wildman–Crippen MR) is 120 cm³/mol. The average Bonchev–Trinajstić information content (AvgIpc) is 3.04. The van der Waals surface area contributed by atoms with Gasteiger partial charge in [0.1, 0.15) is 5.00 Å². The summed E-state index contributed by atoms with van der Waals surface area (Å²) in [5.41, 5.74) is 0. The van der Waals surface area contributed by atoms with Crippen LogP contribution in [0.4, 0.5) is 5.00 Å². The molecule has 1 aromatic heterocycles. The molecule has 8 nitrogen and oxygen atoms in total. The van der Waals surface area contributed by atoms with E-state index in [2.05, 4.69) is 12.2 Å². The van der Waals surface area contributed by atoms with Crippen LogP contribution in [0.2, 0.25) is 0 Å². The molecule has 0 aliphatic rings. The lowest BCUT2D eigenvalue weighted by Crippen LogP contribution is -2.34. The molecular weight excluding hydrogens is 450 g/mol. The zero-order chi connectivity index (χ0) is 22.6. The molecule has 0 spiro atoms. The van der Waals surface area contributed by atoms with Gasteiger partial charge in [0.25, 0.3) is 10.1 Å². The number of nitrogens with one attached hydrogen (secondary N) is 1. The van der Waals surface area contributed by atoms with E-state index in [9.17, 15) is 22.6 Å². The number of carbonyl (C=O) groups is 2. The molecule has 30 heavy (non-hydrogen) atoms. The largest absolute Gasteiger partial charge is 0.489 e. The van der Waals surface area contributed by atoms with Crippen molar-refractivity contribution in [3.05, 3.63) is 5.38 Å². The molecule has 0 aliphatic carbocycles. The highest BCUT2D eigenvalue weighted by Crippen LogP contribution is 2.41. The minimum atomic E-state index is -4.54. The van der Waals surface area contributed by atoms with Crippen molar-refractivity contribution in [2.75, 3.05) is 18.2 Å². The number of hydrogen-bond acceptors (Lipinski definition) is 7. The van der Waals surface area contributed by atoms with Crippen LogP contribution in [0.25, 0.3) is 0 Å². The fraction of sp³-hybridized carbons (Fsp3) is 0.684. The Bertz CT molecular complexity index is 777. The van der Waals surface area contributed by atoms with E-state index in [-0.39, 0.29) is 19.4 Å². The topological polar surface area (TPSA) is 130 Å². The van der Waals surface area contributed by atoms with Crippen molar-refractivity contribution in [1.29, 1.82) is 0 Å². The first-order valence-corrected chi connectivity index (χ1v) is 13.6. The highest BCUT2D eigenvalue weighted by molar-refractivity contribution is 7.98. The molecular formula is C19H31NO7S3. The number of unbranched alkanes of at least 4 members (excludes halogenated alkanes) is 5. The Morgan fingerprint density at radius 2 is 1.87 bits per heavy atom. The zero-order valence-electron chi connectivity index (χ0n) is 17.4. The van der Waals surface area contributed by atoms with Crippen molar-refractivity contribution < 1.29 is 32.4 Å². The van der Waals surface area contributed by atoms with Crippen LogP contribution in [-0.4, -0.2) is 48.1 Å². The van der Waals surface area contributed by atoms with Crippen molar-refractivity contribution in [2.24, 2.45) is 0 Å². The van der Waals surface area contributed by atoms with Gasteiger partial charge in [-0.2, -0.15) is 8.42 Å². The van der Waals surface area contributed by atoms with Crippen LogP contribution in [0.15, 0.2) is 10.3 Å². The molecule has 11 heteroatoms. The predicted octanol–water partition coefficient (Wildman–Crippen LogP) is 4.66. The van der Waals surface area contributed by atoms with Gasteiger partial charge < -0.3 is 15.2 Å². The molecule has 0 fully saturated rings. The fourth-order valence-electron chi connectivity index (χ4n) is 2.81. The second-order valence-corrected chi connectivity index (χ2v) is 10.2. The van der Waals surface area contributed by atoms with E-state index in [0.29, 0.717) is 23.6 Å². The SMILES string of the molecule is CCCCCCCCC(C(=O)Nc1scc(SC)c1OCCCC(=O)O)S(=O)(=O)O. The average molecular weight is 482 g/mol. The second-order valence-electron chi connectivity index (χ2n) is 6.86. The summed E-state index contributed by atoms with van der Waals surface area (Å²) in [5, 5.41) is 11.9. The first-order valence-electron chi connectivity index (χ1n) is 9.97. The Morgan fingerprint density at radius 3 is 2.47 bits per heavy atom. The summed E-state index contributed by atoms with van der Waals surface area (Å²) >= 11 is 2.58. The Kier molecular flexibility index (Phi) is 12.4. The van der Waals surface area contributed by atoms with Gasteiger partial charge in [0.2, 0.25) is 5.91 Å². The van der Waals surface area contributed by atoms with Crippen LogP contribution in [0.1, 0.15) is 64.7 Å². The van der Waals surface area contributed by atoms with Gasteiger partial charge in [0.15, 0.2) is 11.0 Å². The van der Waals surface area contributed by atoms with Crippen molar-refractivity contribution in [2.45, 2.75) is 74.9 Å². The van der Waals surface area contributed by atoms with E-state index in [1.165, 1.54) is 23.1 Å². The molecule has 3 N–H and O–H groups in total. The monoisotopic (exact) mass is 481 g/mol. The van der Waals surface area contributed by atoms with Crippen molar-refractivity contribution >= 4 is 50.1 Å². The molecule has 0 aromatic carbocycles. The third-order valence-electron chi connectivity index (χ3n) is 4.42. The molecule has 172 valence electrons. The van der Waals surface area contributed by atoms with Gasteiger partial charge >= 0.3 is 5.97 Å². The van der Waals surface area contributed by atoms with Crippen LogP contribution in [0.3, 0.4) is 0 Å². The summed E-state index contributed by atoms with van der Waals surface area (Å²) in [6.45, 7) is 2.26. The number of hydrogen-bond donors (Lipinski definition) is 3. The van der Waals surface area contributed by atoms with Gasteiger partial charge in [-0.05, 0) is 19.1 Å². The maximum Gasteiger partial charge on any atom is 0.303 e. The van der Waals surface area contributed by atoms with Crippen LogP contribution in [-0.2, 0) is 19.7 Å². The van der Waals surface area contributed by atoms with E-state index >= 15 is 0 Å². The molecule has 0 radical (unpaired) electrons. The van der Waals surface area contributed by atoms with Crippen molar-refractivity contribution in [3.8, 4) is 5.75 Å². The van der Waals surface area contributed by atoms with Gasteiger partial charge in [0, 0.05) is 11.8 Å². The number of anilines is 1. The van der Waals surface area contributed by atoms with E-state index in [1.807, 2.05) is 6.26 Å². The quantitative estimate of drug-likeness (QED) is 0.177. The third-order valence-corrected chi connectivity index (χ3v) is 7.36. The normalized spacial score (nSPS) is 12.5. The highest BCUT2D eigenvalue weighted by atomic mass is 32.2. The lowest BCUT2D eigenvalue weighted by atomic mass is 10.1. The van der Waals surface area contributed by atoms with E-state index < -0.39 is 27.2 Å². The number of carbonyl (C=O) groups excluding carboxylic acids is 1. The number of carboxylic acid groups (broad SMARTS) is 1. The Balaban J connectivity index is 2.76. The maximum absolute atomic E-state index is 12.6. The number of thioether (sulfide) groups is 1. The lowest BCUT2D eigenvalue weighted by molar-refractivity contribution is -0.137. The van der Waals surface area contributed by atoms with E-state index in [0.717, 1.165) is 37.0 Å². The van der Waals surface area contributed by atoms with Gasteiger partial charge in [-0.1, -0.05) is 45.4 Å². The summed E-state index contributed by atoms with van der Waals surface area (Å²) in [6, 6.07) is 0. The number of thiophene rings is 1. The van der Waals surface area contributed by atoms with E-state index in [4.69, 9.17) is 9.84 Å². The van der Waals surface area contributed by atoms with Gasteiger partial charge in [0.05, 0.1) is 11.5 Å². The Hall–Kier alpha value is -1.30. The molecule has 0 aliphatic heterocycles. The fourth-order valence-corrected chi connectivity index (χ4v) is 5.31. The van der Waals surface area contributed by atoms with Gasteiger partial charge in [-0.3, -0.25) is 14.1 Å². The second kappa shape index (κ2) is 13.9. The summed E-state index contributed by atoms with van der Waals surface area (Å²) < 4.78 is 38.7. The van der Waals surface area contributed by atoms with Crippen LogP contribution < -0.4 is 10.1 Å². The lowest BCUT2D eigenvalue weighted by Gasteiger charge is -2.15. The number of carboxylic acids is 1. The number of aliphatic carboxylic acids is 1. The maximum atomic E-state index is 12.6. The molecule has 0 saturated heterocycles. The van der Waals surface area contributed by atoms with Crippen LogP contribution in [0, 0.1) is 0 Å². The minimum Gasteiger partial charge on any atom is -0.489 e. The number of ether oxygens (including phenoxy) is 1. The van der Waals surface area contributed by atoms with Crippen LogP contribution >= 0.6 is 23.1 Å². The first-order chi connectivity index (χ1) is 14.2. The molecule has 1 amide bonds. The van der Waals surface area contributed by atoms with Gasteiger partial charge in [-0.15, -0.1) is 23.1 Å². The molecule has 0 saturated carbocycles. The summed E-state index contributed by atoms with van der Waals surface area (Å²) in [4.78, 5) is 24.0. The molecule has 1 rings (SSSR count). The molecule has 1 heterocycles. The summed E-state index contributed by atoms with van der Waals surface area (Å²) in [5.74, 6) is -1.33. The number of amides is 1. The van der Waals surface area contributed by atoms with Crippen molar-refractivity contribution in [3.63, 3.8) is 0 Å². The molecule has 1 unspecified atom stereocenters. The highest BCUT2D eigenvalue weighted by Gasteiger charge is 2.31. The van der Waals surface area contributed by atoms with Crippen molar-refractivity contribution in [1.82, 2.24) is 0 Å². The first kappa shape index (κ1) is 26.7. The summed E-state index contributed by atoms with van der Waals surface area (Å²) in [7, 11) is -4.54. The smallest absolute Gasteiger partial charge is 0.303 e. The van der Waals surface area contributed by atoms with E-state index in [1.54, 1.807) is 5.38 Å².